The normalized spacial score (nSPS) is 11.0. The molecule has 60 valence electrons. The number of hydrogen-bond acceptors (Lipinski definition) is 4. The average molecular weight is 167 g/mol. The number of nitrogens with one attached hydrogen (secondary N) is 2. The van der Waals surface area contributed by atoms with Crippen LogP contribution in [0.25, 0.3) is 0 Å². The van der Waals surface area contributed by atoms with Crippen molar-refractivity contribution in [2.75, 3.05) is 12.8 Å². The maximum Gasteiger partial charge on any atom is 0.250 e. The van der Waals surface area contributed by atoms with Crippen LogP contribution >= 0.6 is 0 Å². The van der Waals surface area contributed by atoms with E-state index in [9.17, 15) is 13.2 Å². The summed E-state index contributed by atoms with van der Waals surface area (Å²) in [6.45, 7) is 0. The Balaban J connectivity index is 4.03. The number of carbonyl (C=O) groups excluding carboxylic acids is 1. The predicted molar refractivity (Wildman–Crippen MR) is 35.2 cm³/mol. The summed E-state index contributed by atoms with van der Waals surface area (Å²) in [5, 5.41) is 0. The van der Waals surface area contributed by atoms with E-state index < -0.39 is 21.7 Å². The largest absolute Gasteiger partial charge is 0.293 e. The van der Waals surface area contributed by atoms with Gasteiger partial charge in [0, 0.05) is 0 Å². The fourth-order valence-corrected chi connectivity index (χ4v) is 0.859. The summed E-state index contributed by atoms with van der Waals surface area (Å²) in [4.78, 5) is 10.3. The number of hydrazine groups is 1. The maximum atomic E-state index is 10.5. The van der Waals surface area contributed by atoms with Crippen LogP contribution in [0.2, 0.25) is 0 Å². The van der Waals surface area contributed by atoms with Crippen LogP contribution in [0.15, 0.2) is 0 Å². The maximum absolute atomic E-state index is 10.5. The molecule has 0 aromatic heterocycles. The first-order chi connectivity index (χ1) is 4.52. The van der Waals surface area contributed by atoms with Crippen molar-refractivity contribution >= 4 is 15.9 Å². The fraction of sp³-hybridized carbons (Fsp3) is 0.667. The van der Waals surface area contributed by atoms with Gasteiger partial charge in [-0.05, 0) is 7.05 Å². The molecule has 7 heteroatoms. The van der Waals surface area contributed by atoms with Gasteiger partial charge >= 0.3 is 0 Å². The Morgan fingerprint density at radius 2 is 2.10 bits per heavy atom. The molecule has 6 nitrogen and oxygen atoms in total. The molecule has 10 heavy (non-hydrogen) atoms. The first kappa shape index (κ1) is 9.34. The van der Waals surface area contributed by atoms with E-state index in [-0.39, 0.29) is 0 Å². The molecule has 0 saturated carbocycles. The molecule has 0 aliphatic heterocycles. The highest BCUT2D eigenvalue weighted by atomic mass is 32.2. The van der Waals surface area contributed by atoms with Crippen LogP contribution < -0.4 is 16.0 Å². The van der Waals surface area contributed by atoms with Gasteiger partial charge in [0.25, 0.3) is 0 Å². The minimum absolute atomic E-state index is 0.639. The van der Waals surface area contributed by atoms with Crippen molar-refractivity contribution in [3.05, 3.63) is 0 Å². The molecule has 0 unspecified atom stereocenters. The van der Waals surface area contributed by atoms with Crippen molar-refractivity contribution in [3.8, 4) is 0 Å². The van der Waals surface area contributed by atoms with Crippen LogP contribution in [0, 0.1) is 0 Å². The van der Waals surface area contributed by atoms with E-state index in [2.05, 4.69) is 5.84 Å². The average Bonchev–Trinajstić information content (AvgIpc) is 1.87. The van der Waals surface area contributed by atoms with Gasteiger partial charge in [0.15, 0.2) is 0 Å². The number of nitrogens with two attached hydrogens (primary N) is 1. The lowest BCUT2D eigenvalue weighted by Gasteiger charge is -1.98. The second-order valence-electron chi connectivity index (χ2n) is 1.53. The Labute approximate surface area is 58.8 Å². The lowest BCUT2D eigenvalue weighted by molar-refractivity contribution is -0.118. The van der Waals surface area contributed by atoms with Crippen molar-refractivity contribution in [1.82, 2.24) is 10.1 Å². The number of amides is 1. The molecule has 0 bridgehead atoms. The van der Waals surface area contributed by atoms with Gasteiger partial charge < -0.3 is 0 Å². The Hall–Kier alpha value is -0.660. The molecule has 0 aromatic rings. The summed E-state index contributed by atoms with van der Waals surface area (Å²) in [5.74, 6) is 3.26. The quantitative estimate of drug-likeness (QED) is 0.246. The molecule has 0 spiro atoms. The van der Waals surface area contributed by atoms with Crippen molar-refractivity contribution in [1.29, 1.82) is 0 Å². The van der Waals surface area contributed by atoms with Crippen LogP contribution in [0.5, 0.6) is 0 Å². The Morgan fingerprint density at radius 1 is 1.60 bits per heavy atom. The zero-order valence-corrected chi connectivity index (χ0v) is 6.23. The molecule has 0 aromatic carbocycles. The molecule has 1 amide bonds. The van der Waals surface area contributed by atoms with E-state index in [1.54, 1.807) is 5.43 Å². The van der Waals surface area contributed by atoms with Crippen LogP contribution in [0.3, 0.4) is 0 Å². The summed E-state index contributed by atoms with van der Waals surface area (Å²) in [5.41, 5.74) is 1.70. The lowest BCUT2D eigenvalue weighted by Crippen LogP contribution is -2.38. The molecule has 0 radical (unpaired) electrons. The third-order valence-corrected chi connectivity index (χ3v) is 2.06. The third kappa shape index (κ3) is 3.38. The number of carbonyl (C=O) groups is 1. The molecule has 0 aliphatic carbocycles. The molecular formula is C3H9N3O3S. The van der Waals surface area contributed by atoms with E-state index in [1.165, 1.54) is 7.05 Å². The fourth-order valence-electron chi connectivity index (χ4n) is 0.286. The highest BCUT2D eigenvalue weighted by molar-refractivity contribution is 7.90. The van der Waals surface area contributed by atoms with Gasteiger partial charge in [-0.3, -0.25) is 10.2 Å². The molecule has 0 saturated heterocycles. The highest BCUT2D eigenvalue weighted by Gasteiger charge is 2.11. The van der Waals surface area contributed by atoms with Crippen molar-refractivity contribution < 1.29 is 13.2 Å². The molecule has 0 rings (SSSR count). The van der Waals surface area contributed by atoms with Gasteiger partial charge in [0.2, 0.25) is 15.9 Å². The molecule has 0 atom stereocenters. The van der Waals surface area contributed by atoms with Gasteiger partial charge in [-0.25, -0.2) is 19.0 Å². The molecular weight excluding hydrogens is 158 g/mol. The topological polar surface area (TPSA) is 101 Å². The molecule has 0 fully saturated rings. The zero-order valence-electron chi connectivity index (χ0n) is 5.42. The Morgan fingerprint density at radius 3 is 2.40 bits per heavy atom. The Kier molecular flexibility index (Phi) is 3.26. The molecule has 4 N–H and O–H groups in total. The summed E-state index contributed by atoms with van der Waals surface area (Å²) in [6.07, 6.45) is 0. The second-order valence-corrected chi connectivity index (χ2v) is 3.46. The van der Waals surface area contributed by atoms with Crippen molar-refractivity contribution in [3.63, 3.8) is 0 Å². The number of rotatable bonds is 3. The van der Waals surface area contributed by atoms with E-state index in [1.807, 2.05) is 4.72 Å². The second kappa shape index (κ2) is 3.49. The van der Waals surface area contributed by atoms with Gasteiger partial charge in [-0.15, -0.1) is 0 Å². The van der Waals surface area contributed by atoms with Gasteiger partial charge in [0.05, 0.1) is 0 Å². The standard InChI is InChI=1S/C3H9N3O3S/c1-5-10(8,9)2-3(7)6-4/h5H,2,4H2,1H3,(H,6,7). The van der Waals surface area contributed by atoms with Crippen molar-refractivity contribution in [2.45, 2.75) is 0 Å². The van der Waals surface area contributed by atoms with Crippen LogP contribution in [0.1, 0.15) is 0 Å². The van der Waals surface area contributed by atoms with E-state index in [0.29, 0.717) is 0 Å². The molecule has 0 aliphatic rings. The highest BCUT2D eigenvalue weighted by Crippen LogP contribution is 1.79. The summed E-state index contributed by atoms with van der Waals surface area (Å²) in [6, 6.07) is 0. The van der Waals surface area contributed by atoms with E-state index in [4.69, 9.17) is 0 Å². The minimum atomic E-state index is -3.47. The summed E-state index contributed by atoms with van der Waals surface area (Å²) >= 11 is 0. The van der Waals surface area contributed by atoms with Crippen LogP contribution in [0.4, 0.5) is 0 Å². The van der Waals surface area contributed by atoms with Crippen LogP contribution in [-0.4, -0.2) is 27.1 Å². The Bertz CT molecular complexity index is 209. The predicted octanol–water partition coefficient (Wildman–Crippen LogP) is -2.47. The zero-order chi connectivity index (χ0) is 8.20. The van der Waals surface area contributed by atoms with E-state index >= 15 is 0 Å². The smallest absolute Gasteiger partial charge is 0.250 e. The van der Waals surface area contributed by atoms with Gasteiger partial charge in [-0.2, -0.15) is 0 Å². The number of sulfonamides is 1. The van der Waals surface area contributed by atoms with Gasteiger partial charge in [-0.1, -0.05) is 0 Å². The first-order valence-electron chi connectivity index (χ1n) is 2.42. The van der Waals surface area contributed by atoms with E-state index in [0.717, 1.165) is 0 Å². The summed E-state index contributed by atoms with van der Waals surface area (Å²) in [7, 11) is -2.25. The lowest BCUT2D eigenvalue weighted by atomic mass is 10.8. The van der Waals surface area contributed by atoms with Crippen LogP contribution in [-0.2, 0) is 14.8 Å². The summed E-state index contributed by atoms with van der Waals surface area (Å²) < 4.78 is 23.0. The van der Waals surface area contributed by atoms with Crippen molar-refractivity contribution in [2.24, 2.45) is 5.84 Å². The third-order valence-electron chi connectivity index (χ3n) is 0.793. The number of hydrogen-bond donors (Lipinski definition) is 3. The minimum Gasteiger partial charge on any atom is -0.293 e. The monoisotopic (exact) mass is 167 g/mol. The SMILES string of the molecule is CNS(=O)(=O)CC(=O)NN. The van der Waals surface area contributed by atoms with Gasteiger partial charge in [0.1, 0.15) is 5.75 Å². The molecule has 0 heterocycles. The first-order valence-corrected chi connectivity index (χ1v) is 4.07.